The van der Waals surface area contributed by atoms with Crippen molar-refractivity contribution in [3.63, 3.8) is 0 Å². The van der Waals surface area contributed by atoms with Crippen LogP contribution in [0, 0.1) is 0 Å². The summed E-state index contributed by atoms with van der Waals surface area (Å²) in [5, 5.41) is 17.0. The molecular formula is C19H29N5O6S. The van der Waals surface area contributed by atoms with Gasteiger partial charge in [0.05, 0.1) is 23.4 Å². The minimum Gasteiger partial charge on any atom is -0.394 e. The van der Waals surface area contributed by atoms with Crippen molar-refractivity contribution < 1.29 is 27.9 Å². The Labute approximate surface area is 181 Å². The van der Waals surface area contributed by atoms with Crippen molar-refractivity contribution in [1.29, 1.82) is 0 Å². The van der Waals surface area contributed by atoms with Crippen molar-refractivity contribution >= 4 is 28.1 Å². The second kappa shape index (κ2) is 12.7. The van der Waals surface area contributed by atoms with E-state index in [1.54, 1.807) is 6.07 Å². The van der Waals surface area contributed by atoms with Crippen LogP contribution in [0.1, 0.15) is 19.8 Å². The van der Waals surface area contributed by atoms with Crippen LogP contribution in [0.25, 0.3) is 0 Å². The van der Waals surface area contributed by atoms with Gasteiger partial charge in [-0.15, -0.1) is 0 Å². The Kier molecular flexibility index (Phi) is 10.7. The Morgan fingerprint density at radius 1 is 1.19 bits per heavy atom. The molecule has 12 heteroatoms. The summed E-state index contributed by atoms with van der Waals surface area (Å²) in [6.07, 6.45) is 1.45. The number of aldehydes is 1. The Bertz CT molecular complexity index is 862. The van der Waals surface area contributed by atoms with E-state index in [9.17, 15) is 27.9 Å². The summed E-state index contributed by atoms with van der Waals surface area (Å²) in [7, 11) is -4.05. The van der Waals surface area contributed by atoms with Gasteiger partial charge in [-0.1, -0.05) is 24.8 Å². The fourth-order valence-corrected chi connectivity index (χ4v) is 3.67. The molecule has 0 saturated carbocycles. The van der Waals surface area contributed by atoms with E-state index in [1.807, 2.05) is 0 Å². The van der Waals surface area contributed by atoms with Gasteiger partial charge in [-0.2, -0.15) is 4.72 Å². The number of carbonyl (C=O) groups is 3. The lowest BCUT2D eigenvalue weighted by Gasteiger charge is -2.21. The van der Waals surface area contributed by atoms with E-state index >= 15 is 0 Å². The highest BCUT2D eigenvalue weighted by molar-refractivity contribution is 7.89. The average molecular weight is 456 g/mol. The Hall–Kier alpha value is -2.96. The topological polar surface area (TPSA) is 180 Å². The first-order valence-corrected chi connectivity index (χ1v) is 11.0. The molecule has 1 aromatic rings. The summed E-state index contributed by atoms with van der Waals surface area (Å²) in [6, 6.07) is 3.98. The minimum atomic E-state index is -4.05. The van der Waals surface area contributed by atoms with Gasteiger partial charge >= 0.3 is 0 Å². The zero-order valence-electron chi connectivity index (χ0n) is 17.2. The number of benzene rings is 1. The van der Waals surface area contributed by atoms with Crippen molar-refractivity contribution in [2.24, 2.45) is 5.73 Å². The van der Waals surface area contributed by atoms with Crippen LogP contribution in [0.2, 0.25) is 0 Å². The monoisotopic (exact) mass is 455 g/mol. The molecule has 7 N–H and O–H groups in total. The van der Waals surface area contributed by atoms with Crippen LogP contribution >= 0.6 is 0 Å². The number of hydrogen-bond acceptors (Lipinski definition) is 8. The first-order valence-electron chi connectivity index (χ1n) is 9.53. The van der Waals surface area contributed by atoms with E-state index in [-0.39, 0.29) is 4.90 Å². The highest BCUT2D eigenvalue weighted by Crippen LogP contribution is 2.08. The van der Waals surface area contributed by atoms with E-state index < -0.39 is 46.6 Å². The number of sulfonamides is 1. The summed E-state index contributed by atoms with van der Waals surface area (Å²) in [6.45, 7) is 4.51. The summed E-state index contributed by atoms with van der Waals surface area (Å²) in [4.78, 5) is 35.7. The molecule has 0 radical (unpaired) electrons. The average Bonchev–Trinajstić information content (AvgIpc) is 2.74. The fourth-order valence-electron chi connectivity index (χ4n) is 2.46. The lowest BCUT2D eigenvalue weighted by molar-refractivity contribution is -0.130. The highest BCUT2D eigenvalue weighted by atomic mass is 32.2. The van der Waals surface area contributed by atoms with Crippen LogP contribution in [0.5, 0.6) is 0 Å². The normalized spacial score (nSPS) is 14.0. The van der Waals surface area contributed by atoms with Gasteiger partial charge in [0.25, 0.3) is 0 Å². The number of hydrogen-bond donors (Lipinski definition) is 6. The maximum Gasteiger partial charge on any atom is 0.242 e. The fraction of sp³-hybridized carbons (Fsp3) is 0.421. The standard InChI is InChI=1S/C19H29N5O6S/c1-13(18(27)23-15(11-25)7-6-10-21-14(2)20)22-19(28)17(12-26)24-31(29,30)16-8-4-3-5-9-16/h3-5,8-9,11,13,15,17,21,24,26H,2,6-7,10,12,20H2,1H3,(H,22,28)(H,23,27). The van der Waals surface area contributed by atoms with Crippen molar-refractivity contribution in [3.05, 3.63) is 42.7 Å². The number of aliphatic hydroxyl groups excluding tert-OH is 1. The molecule has 3 atom stereocenters. The van der Waals surface area contributed by atoms with Crippen LogP contribution in [-0.2, 0) is 24.4 Å². The third kappa shape index (κ3) is 9.15. The van der Waals surface area contributed by atoms with Gasteiger partial charge in [-0.25, -0.2) is 8.42 Å². The molecule has 2 amide bonds. The maximum atomic E-state index is 12.4. The molecule has 0 bridgehead atoms. The molecule has 172 valence electrons. The van der Waals surface area contributed by atoms with E-state index in [0.717, 1.165) is 0 Å². The maximum absolute atomic E-state index is 12.4. The van der Waals surface area contributed by atoms with E-state index in [0.29, 0.717) is 31.5 Å². The molecule has 0 aliphatic rings. The van der Waals surface area contributed by atoms with Crippen LogP contribution in [-0.4, -0.2) is 62.9 Å². The molecule has 0 aromatic heterocycles. The van der Waals surface area contributed by atoms with Crippen LogP contribution in [0.15, 0.2) is 47.6 Å². The largest absolute Gasteiger partial charge is 0.394 e. The number of carbonyl (C=O) groups excluding carboxylic acids is 3. The highest BCUT2D eigenvalue weighted by Gasteiger charge is 2.27. The molecule has 3 unspecified atom stereocenters. The van der Waals surface area contributed by atoms with Crippen LogP contribution < -0.4 is 26.4 Å². The van der Waals surface area contributed by atoms with Gasteiger partial charge in [-0.3, -0.25) is 9.59 Å². The minimum absolute atomic E-state index is 0.0754. The number of aliphatic hydroxyl groups is 1. The van der Waals surface area contributed by atoms with Gasteiger partial charge in [0, 0.05) is 6.54 Å². The number of rotatable bonds is 14. The Balaban J connectivity index is 2.62. The second-order valence-corrected chi connectivity index (χ2v) is 8.46. The van der Waals surface area contributed by atoms with Crippen molar-refractivity contribution in [2.75, 3.05) is 13.2 Å². The summed E-state index contributed by atoms with van der Waals surface area (Å²) >= 11 is 0. The molecule has 0 saturated heterocycles. The van der Waals surface area contributed by atoms with Crippen molar-refractivity contribution in [2.45, 2.75) is 42.8 Å². The van der Waals surface area contributed by atoms with Gasteiger partial charge < -0.3 is 31.6 Å². The Morgan fingerprint density at radius 2 is 1.84 bits per heavy atom. The smallest absolute Gasteiger partial charge is 0.242 e. The molecule has 1 aromatic carbocycles. The van der Waals surface area contributed by atoms with E-state index in [4.69, 9.17) is 5.73 Å². The third-order valence-electron chi connectivity index (χ3n) is 4.14. The summed E-state index contributed by atoms with van der Waals surface area (Å²) < 4.78 is 26.8. The van der Waals surface area contributed by atoms with Crippen LogP contribution in [0.4, 0.5) is 0 Å². The van der Waals surface area contributed by atoms with Crippen molar-refractivity contribution in [1.82, 2.24) is 20.7 Å². The predicted molar refractivity (Wildman–Crippen MR) is 114 cm³/mol. The van der Waals surface area contributed by atoms with Gasteiger partial charge in [0.2, 0.25) is 21.8 Å². The van der Waals surface area contributed by atoms with Crippen LogP contribution in [0.3, 0.4) is 0 Å². The zero-order chi connectivity index (χ0) is 23.4. The van der Waals surface area contributed by atoms with Gasteiger partial charge in [0.15, 0.2) is 0 Å². The molecule has 0 aliphatic carbocycles. The second-order valence-electron chi connectivity index (χ2n) is 6.75. The number of amides is 2. The quantitative estimate of drug-likeness (QED) is 0.142. The molecular weight excluding hydrogens is 426 g/mol. The lowest BCUT2D eigenvalue weighted by atomic mass is 10.1. The lowest BCUT2D eigenvalue weighted by Crippen LogP contribution is -2.55. The first-order chi connectivity index (χ1) is 14.6. The molecule has 11 nitrogen and oxygen atoms in total. The predicted octanol–water partition coefficient (Wildman–Crippen LogP) is -1.69. The molecule has 31 heavy (non-hydrogen) atoms. The zero-order valence-corrected chi connectivity index (χ0v) is 18.0. The molecule has 0 fully saturated rings. The summed E-state index contributed by atoms with van der Waals surface area (Å²) in [5.41, 5.74) is 5.37. The molecule has 0 aliphatic heterocycles. The van der Waals surface area contributed by atoms with Crippen molar-refractivity contribution in [3.8, 4) is 0 Å². The molecule has 0 spiro atoms. The molecule has 0 heterocycles. The van der Waals surface area contributed by atoms with E-state index in [1.165, 1.54) is 31.2 Å². The SMILES string of the molecule is C=C(N)NCCCC(C=O)NC(=O)C(C)NC(=O)C(CO)NS(=O)(=O)c1ccccc1. The number of nitrogens with one attached hydrogen (secondary N) is 4. The summed E-state index contributed by atoms with van der Waals surface area (Å²) in [5.74, 6) is -1.23. The number of nitrogens with two attached hydrogens (primary N) is 1. The van der Waals surface area contributed by atoms with E-state index in [2.05, 4.69) is 27.3 Å². The molecule has 1 rings (SSSR count). The van der Waals surface area contributed by atoms with Gasteiger partial charge in [-0.05, 0) is 31.9 Å². The first kappa shape index (κ1) is 26.1. The Morgan fingerprint density at radius 3 is 2.39 bits per heavy atom. The third-order valence-corrected chi connectivity index (χ3v) is 5.63. The van der Waals surface area contributed by atoms with Gasteiger partial charge in [0.1, 0.15) is 18.4 Å².